The van der Waals surface area contributed by atoms with E-state index in [0.717, 1.165) is 24.5 Å². The number of pyridine rings is 3. The number of nitrogens with two attached hydrogens (primary N) is 2. The van der Waals surface area contributed by atoms with Gasteiger partial charge in [0.2, 0.25) is 23.7 Å². The normalized spacial score (nSPS) is 21.1. The SMILES string of the molecule is CN1C(=O)CC2(N=C1NC(=O)OC(C)(C)C)c1cc(Br)ccc1Oc1cnc(Cl)cc12.CN1C(=O)C[C@@]2(N=C1N)c1cc(Br)ccc1Oc1cnc(Cl)cc12.CN1C(=O)C[C@]2(N=C1N)c1cc(Br)ccc1Oc1cnc(Cl)cc12. The average molecular weight is 1320 g/mol. The second kappa shape index (κ2) is 20.6. The minimum atomic E-state index is -1.16. The molecule has 6 aliphatic rings. The van der Waals surface area contributed by atoms with E-state index >= 15 is 0 Å². The van der Waals surface area contributed by atoms with Gasteiger partial charge in [-0.1, -0.05) is 82.6 Å². The first-order valence-corrected chi connectivity index (χ1v) is 27.3. The zero-order valence-corrected chi connectivity index (χ0v) is 49.5. The van der Waals surface area contributed by atoms with Crippen LogP contribution < -0.4 is 31.0 Å². The van der Waals surface area contributed by atoms with Crippen LogP contribution in [-0.2, 0) is 35.7 Å². The van der Waals surface area contributed by atoms with Crippen molar-refractivity contribution < 1.29 is 38.1 Å². The molecule has 406 valence electrons. The lowest BCUT2D eigenvalue weighted by atomic mass is 9.77. The summed E-state index contributed by atoms with van der Waals surface area (Å²) in [4.78, 5) is 81.0. The number of fused-ring (bicyclic) bond motifs is 12. The van der Waals surface area contributed by atoms with E-state index in [4.69, 9.17) is 70.2 Å². The fourth-order valence-electron chi connectivity index (χ4n) is 9.74. The molecule has 0 fully saturated rings. The summed E-state index contributed by atoms with van der Waals surface area (Å²) in [6.45, 7) is 5.26. The van der Waals surface area contributed by atoms with E-state index in [2.05, 4.69) is 78.0 Å². The monoisotopic (exact) mass is 1320 g/mol. The van der Waals surface area contributed by atoms with Crippen molar-refractivity contribution in [2.75, 3.05) is 21.1 Å². The number of amides is 4. The molecule has 6 aromatic rings. The summed E-state index contributed by atoms with van der Waals surface area (Å²) in [7, 11) is 4.76. The van der Waals surface area contributed by atoms with Gasteiger partial charge in [0.1, 0.15) is 54.9 Å². The van der Waals surface area contributed by atoms with E-state index in [-0.39, 0.29) is 60.0 Å². The van der Waals surface area contributed by atoms with E-state index in [1.807, 2.05) is 48.5 Å². The van der Waals surface area contributed by atoms with Gasteiger partial charge in [-0.25, -0.2) is 34.7 Å². The van der Waals surface area contributed by atoms with Crippen molar-refractivity contribution in [2.45, 2.75) is 62.3 Å². The van der Waals surface area contributed by atoms with Crippen molar-refractivity contribution in [3.8, 4) is 34.5 Å². The Kier molecular flexibility index (Phi) is 14.5. The maximum absolute atomic E-state index is 13.1. The highest BCUT2D eigenvalue weighted by Gasteiger charge is 2.51. The first kappa shape index (κ1) is 55.4. The van der Waals surface area contributed by atoms with Crippen LogP contribution in [0.1, 0.15) is 73.4 Å². The van der Waals surface area contributed by atoms with Gasteiger partial charge in [-0.3, -0.25) is 34.4 Å². The molecule has 3 atom stereocenters. The average Bonchev–Trinajstić information content (AvgIpc) is 3.50. The number of halogens is 6. The van der Waals surface area contributed by atoms with Crippen LogP contribution in [0.3, 0.4) is 0 Å². The highest BCUT2D eigenvalue weighted by Crippen LogP contribution is 2.56. The van der Waals surface area contributed by atoms with Crippen LogP contribution in [0.2, 0.25) is 15.5 Å². The van der Waals surface area contributed by atoms with Gasteiger partial charge >= 0.3 is 6.09 Å². The smallest absolute Gasteiger partial charge is 0.414 e. The summed E-state index contributed by atoms with van der Waals surface area (Å²) in [5.41, 5.74) is 12.3. The number of nitrogens with zero attached hydrogens (tertiary/aromatic N) is 9. The summed E-state index contributed by atoms with van der Waals surface area (Å²) < 4.78 is 25.7. The molecule has 3 spiro atoms. The Labute approximate surface area is 491 Å². The quantitative estimate of drug-likeness (QED) is 0.120. The van der Waals surface area contributed by atoms with Crippen LogP contribution in [0.25, 0.3) is 0 Å². The standard InChI is InChI=1S/C21H20BrClN4O4.2C16H12BrClN4O2/c1-20(2,3)31-19(29)25-18-26-21(9-17(28)27(18)4)12-7-11(22)5-6-14(12)30-15-10-24-16(23)8-13(15)21;2*1-22-14(23)6-16(21-15(22)19)9-4-8(17)2-3-11(9)24-12-7-20-13(18)5-10(12)16/h5-8,10H,9H2,1-4H3,(H,25,26,29);2*2-5,7H,6H2,1H3,(H2,19,21)/t;2*16-/m.10/s1. The molecule has 3 aromatic carbocycles. The number of nitrogens with one attached hydrogen (secondary N) is 1. The van der Waals surface area contributed by atoms with Gasteiger partial charge in [0.05, 0.1) is 37.9 Å². The van der Waals surface area contributed by atoms with E-state index in [9.17, 15) is 19.2 Å². The Morgan fingerprint density at radius 2 is 0.861 bits per heavy atom. The lowest BCUT2D eigenvalue weighted by Gasteiger charge is -2.41. The molecule has 0 saturated heterocycles. The number of carbonyl (C=O) groups is 4. The zero-order valence-electron chi connectivity index (χ0n) is 42.5. The van der Waals surface area contributed by atoms with Crippen molar-refractivity contribution in [3.05, 3.63) is 154 Å². The third-order valence-corrected chi connectivity index (χ3v) is 15.6. The van der Waals surface area contributed by atoms with Crippen LogP contribution in [-0.4, -0.2) is 98.1 Å². The summed E-state index contributed by atoms with van der Waals surface area (Å²) >= 11 is 28.8. The van der Waals surface area contributed by atoms with Gasteiger partial charge in [0.15, 0.2) is 29.2 Å². The van der Waals surface area contributed by atoms with Crippen molar-refractivity contribution >= 4 is 124 Å². The van der Waals surface area contributed by atoms with Crippen LogP contribution in [0, 0.1) is 0 Å². The molecule has 6 aliphatic heterocycles. The lowest BCUT2D eigenvalue weighted by molar-refractivity contribution is -0.129. The molecule has 1 unspecified atom stereocenters. The number of benzene rings is 3. The largest absolute Gasteiger partial charge is 0.455 e. The fourth-order valence-corrected chi connectivity index (χ4v) is 11.3. The van der Waals surface area contributed by atoms with Crippen molar-refractivity contribution in [3.63, 3.8) is 0 Å². The topological polar surface area (TPSA) is 255 Å². The third-order valence-electron chi connectivity index (χ3n) is 13.5. The second-order valence-electron chi connectivity index (χ2n) is 19.7. The molecular weight excluding hydrogens is 1280 g/mol. The number of carbonyl (C=O) groups excluding carboxylic acids is 4. The molecule has 20 nitrogen and oxygen atoms in total. The molecule has 26 heteroatoms. The highest BCUT2D eigenvalue weighted by molar-refractivity contribution is 9.11. The summed E-state index contributed by atoms with van der Waals surface area (Å²) in [5, 5.41) is 3.45. The molecule has 0 bridgehead atoms. The van der Waals surface area contributed by atoms with Crippen molar-refractivity contribution in [2.24, 2.45) is 26.4 Å². The maximum Gasteiger partial charge on any atom is 0.414 e. The third kappa shape index (κ3) is 10.2. The molecule has 9 heterocycles. The number of ether oxygens (including phenoxy) is 4. The Morgan fingerprint density at radius 1 is 0.544 bits per heavy atom. The van der Waals surface area contributed by atoms with Crippen LogP contribution >= 0.6 is 82.6 Å². The predicted molar refractivity (Wildman–Crippen MR) is 305 cm³/mol. The predicted octanol–water partition coefficient (Wildman–Crippen LogP) is 10.6. The fraction of sp³-hybridized carbons (Fsp3) is 0.245. The molecule has 0 saturated carbocycles. The Morgan fingerprint density at radius 3 is 1.19 bits per heavy atom. The van der Waals surface area contributed by atoms with Gasteiger partial charge < -0.3 is 30.4 Å². The number of aliphatic imine (C=N–C) groups is 3. The Hall–Kier alpha value is -6.89. The summed E-state index contributed by atoms with van der Waals surface area (Å²) in [5.74, 6) is 3.11. The van der Waals surface area contributed by atoms with E-state index in [1.54, 1.807) is 78.6 Å². The molecule has 0 radical (unpaired) electrons. The zero-order chi connectivity index (χ0) is 56.7. The van der Waals surface area contributed by atoms with Crippen LogP contribution in [0.5, 0.6) is 34.5 Å². The molecule has 3 aromatic heterocycles. The highest BCUT2D eigenvalue weighted by atomic mass is 79.9. The summed E-state index contributed by atoms with van der Waals surface area (Å²) in [6.07, 6.45) is 4.15. The molecule has 79 heavy (non-hydrogen) atoms. The maximum atomic E-state index is 13.1. The molecule has 4 amide bonds. The van der Waals surface area contributed by atoms with Crippen LogP contribution in [0.15, 0.2) is 120 Å². The summed E-state index contributed by atoms with van der Waals surface area (Å²) in [6, 6.07) is 21.6. The minimum absolute atomic E-state index is 0.0170. The van der Waals surface area contributed by atoms with Crippen molar-refractivity contribution in [1.29, 1.82) is 0 Å². The number of hydrogen-bond acceptors (Lipinski definition) is 16. The van der Waals surface area contributed by atoms with E-state index < -0.39 is 28.3 Å². The molecule has 12 rings (SSSR count). The van der Waals surface area contributed by atoms with E-state index in [1.165, 1.54) is 20.9 Å². The minimum Gasteiger partial charge on any atom is -0.455 e. The first-order chi connectivity index (χ1) is 37.3. The van der Waals surface area contributed by atoms with Gasteiger partial charge in [0.25, 0.3) is 0 Å². The lowest BCUT2D eigenvalue weighted by Crippen LogP contribution is -2.53. The number of hydrogen-bond donors (Lipinski definition) is 3. The van der Waals surface area contributed by atoms with Gasteiger partial charge in [-0.15, -0.1) is 0 Å². The van der Waals surface area contributed by atoms with Gasteiger partial charge in [-0.05, 0) is 93.6 Å². The molecule has 5 N–H and O–H groups in total. The molecule has 0 aliphatic carbocycles. The number of alkyl carbamates (subject to hydrolysis) is 1. The van der Waals surface area contributed by atoms with Crippen molar-refractivity contribution in [1.82, 2.24) is 35.0 Å². The van der Waals surface area contributed by atoms with Gasteiger partial charge in [0, 0.05) is 67.9 Å². The van der Waals surface area contributed by atoms with Gasteiger partial charge in [-0.2, -0.15) is 0 Å². The Balaban J connectivity index is 0.000000135. The first-order valence-electron chi connectivity index (χ1n) is 23.8. The number of aromatic nitrogens is 3. The van der Waals surface area contributed by atoms with Crippen LogP contribution in [0.4, 0.5) is 4.79 Å². The number of guanidine groups is 3. The molecular formula is C53H44Br3Cl3N12O8. The number of rotatable bonds is 0. The van der Waals surface area contributed by atoms with E-state index in [0.29, 0.717) is 67.1 Å². The second-order valence-corrected chi connectivity index (χ2v) is 23.6. The Bertz CT molecular complexity index is 3410.